The van der Waals surface area contributed by atoms with Gasteiger partial charge in [-0.05, 0) is 33.6 Å². The van der Waals surface area contributed by atoms with Crippen molar-refractivity contribution in [2.75, 3.05) is 13.7 Å². The summed E-state index contributed by atoms with van der Waals surface area (Å²) in [4.78, 5) is 25.5. The fraction of sp³-hybridized carbons (Fsp3) is 0.733. The first-order chi connectivity index (χ1) is 9.62. The zero-order chi connectivity index (χ0) is 16.3. The second kappa shape index (κ2) is 6.47. The average Bonchev–Trinajstić information content (AvgIpc) is 2.35. The van der Waals surface area contributed by atoms with Crippen LogP contribution < -0.4 is 0 Å². The lowest BCUT2D eigenvalue weighted by Crippen LogP contribution is -2.56. The number of nitrogens with zero attached hydrogens (tertiary/aromatic N) is 1. The summed E-state index contributed by atoms with van der Waals surface area (Å²) in [6.07, 6.45) is 1.88. The summed E-state index contributed by atoms with van der Waals surface area (Å²) in [6.45, 7) is 9.13. The molecule has 1 saturated heterocycles. The van der Waals surface area contributed by atoms with Gasteiger partial charge in [0.25, 0.3) is 0 Å². The molecule has 0 bridgehead atoms. The Morgan fingerprint density at radius 2 is 2.10 bits per heavy atom. The van der Waals surface area contributed by atoms with Crippen LogP contribution in [0.3, 0.4) is 0 Å². The van der Waals surface area contributed by atoms with E-state index in [4.69, 9.17) is 9.47 Å². The number of esters is 1. The van der Waals surface area contributed by atoms with Crippen molar-refractivity contribution >= 4 is 12.1 Å². The summed E-state index contributed by atoms with van der Waals surface area (Å²) < 4.78 is 10.1. The summed E-state index contributed by atoms with van der Waals surface area (Å²) in [7, 11) is 1.26. The molecule has 0 radical (unpaired) electrons. The number of amides is 1. The molecule has 0 aromatic rings. The zero-order valence-corrected chi connectivity index (χ0v) is 13.2. The number of ether oxygens (including phenoxy) is 2. The highest BCUT2D eigenvalue weighted by Gasteiger charge is 2.44. The molecule has 0 saturated carbocycles. The van der Waals surface area contributed by atoms with Crippen molar-refractivity contribution in [2.24, 2.45) is 0 Å². The van der Waals surface area contributed by atoms with Crippen LogP contribution in [0.4, 0.5) is 4.79 Å². The van der Waals surface area contributed by atoms with Gasteiger partial charge < -0.3 is 14.6 Å². The van der Waals surface area contributed by atoms with Gasteiger partial charge >= 0.3 is 12.1 Å². The van der Waals surface area contributed by atoms with Gasteiger partial charge in [0.1, 0.15) is 11.6 Å². The van der Waals surface area contributed by atoms with E-state index in [1.54, 1.807) is 26.8 Å². The minimum Gasteiger partial charge on any atom is -0.467 e. The molecule has 1 N–H and O–H groups in total. The number of likely N-dealkylation sites (tertiary alicyclic amines) is 1. The molecule has 120 valence electrons. The zero-order valence-electron chi connectivity index (χ0n) is 13.2. The molecule has 0 aromatic carbocycles. The molecule has 1 heterocycles. The molecule has 2 atom stereocenters. The van der Waals surface area contributed by atoms with Gasteiger partial charge in [-0.25, -0.2) is 9.59 Å². The third-order valence-electron chi connectivity index (χ3n) is 3.39. The molecule has 6 nitrogen and oxygen atoms in total. The highest BCUT2D eigenvalue weighted by Crippen LogP contribution is 2.31. The van der Waals surface area contributed by atoms with E-state index in [-0.39, 0.29) is 13.0 Å². The number of hydrogen-bond acceptors (Lipinski definition) is 5. The quantitative estimate of drug-likeness (QED) is 0.636. The van der Waals surface area contributed by atoms with Crippen LogP contribution in [0, 0.1) is 0 Å². The Labute approximate surface area is 125 Å². The number of piperidine rings is 1. The normalized spacial score (nSPS) is 26.1. The van der Waals surface area contributed by atoms with E-state index in [2.05, 4.69) is 6.58 Å². The first-order valence-corrected chi connectivity index (χ1v) is 7.02. The van der Waals surface area contributed by atoms with E-state index >= 15 is 0 Å². The highest BCUT2D eigenvalue weighted by atomic mass is 16.6. The Kier molecular flexibility index (Phi) is 5.39. The van der Waals surface area contributed by atoms with Crippen molar-refractivity contribution in [1.29, 1.82) is 0 Å². The molecule has 21 heavy (non-hydrogen) atoms. The summed E-state index contributed by atoms with van der Waals surface area (Å²) in [5.74, 6) is -0.553. The molecule has 1 rings (SSSR count). The summed E-state index contributed by atoms with van der Waals surface area (Å²) in [5, 5.41) is 10.5. The first-order valence-electron chi connectivity index (χ1n) is 7.02. The van der Waals surface area contributed by atoms with E-state index in [0.717, 1.165) is 0 Å². The molecule has 1 amide bonds. The summed E-state index contributed by atoms with van der Waals surface area (Å²) in [6, 6.07) is -0.844. The molecule has 0 aromatic heterocycles. The lowest BCUT2D eigenvalue weighted by Gasteiger charge is -2.42. The Morgan fingerprint density at radius 3 is 2.57 bits per heavy atom. The van der Waals surface area contributed by atoms with Crippen LogP contribution in [0.15, 0.2) is 12.7 Å². The first kappa shape index (κ1) is 17.5. The van der Waals surface area contributed by atoms with Crippen LogP contribution in [0.5, 0.6) is 0 Å². The van der Waals surface area contributed by atoms with E-state index in [1.807, 2.05) is 0 Å². The van der Waals surface area contributed by atoms with Crippen molar-refractivity contribution in [3.63, 3.8) is 0 Å². The molecule has 1 fully saturated rings. The maximum Gasteiger partial charge on any atom is 0.411 e. The highest BCUT2D eigenvalue weighted by molar-refractivity contribution is 5.82. The maximum absolute atomic E-state index is 12.2. The minimum atomic E-state index is -1.04. The Morgan fingerprint density at radius 1 is 1.48 bits per heavy atom. The maximum atomic E-state index is 12.2. The van der Waals surface area contributed by atoms with Gasteiger partial charge in [0.2, 0.25) is 0 Å². The third kappa shape index (κ3) is 4.74. The fourth-order valence-corrected chi connectivity index (χ4v) is 2.40. The van der Waals surface area contributed by atoms with Crippen LogP contribution >= 0.6 is 0 Å². The van der Waals surface area contributed by atoms with Crippen molar-refractivity contribution in [3.05, 3.63) is 12.7 Å². The van der Waals surface area contributed by atoms with E-state index < -0.39 is 29.3 Å². The minimum absolute atomic E-state index is 0.116. The number of aliphatic hydroxyl groups is 1. The van der Waals surface area contributed by atoms with Gasteiger partial charge in [-0.15, -0.1) is 6.58 Å². The van der Waals surface area contributed by atoms with Crippen LogP contribution in [-0.4, -0.2) is 53.0 Å². The Hall–Kier alpha value is -1.56. The van der Waals surface area contributed by atoms with Crippen molar-refractivity contribution in [2.45, 2.75) is 57.3 Å². The lowest BCUT2D eigenvalue weighted by molar-refractivity contribution is -0.153. The molecule has 1 aliphatic heterocycles. The van der Waals surface area contributed by atoms with Crippen LogP contribution in [0.2, 0.25) is 0 Å². The van der Waals surface area contributed by atoms with E-state index in [9.17, 15) is 14.7 Å². The molecule has 6 heteroatoms. The molecule has 0 aliphatic carbocycles. The molecule has 1 aliphatic rings. The monoisotopic (exact) mass is 299 g/mol. The van der Waals surface area contributed by atoms with E-state index in [1.165, 1.54) is 12.0 Å². The van der Waals surface area contributed by atoms with Gasteiger partial charge in [-0.3, -0.25) is 4.90 Å². The summed E-state index contributed by atoms with van der Waals surface area (Å²) >= 11 is 0. The predicted octanol–water partition coefficient (Wildman–Crippen LogP) is 1.87. The van der Waals surface area contributed by atoms with Crippen molar-refractivity contribution in [3.8, 4) is 0 Å². The smallest absolute Gasteiger partial charge is 0.411 e. The average molecular weight is 299 g/mol. The number of rotatable bonds is 3. The van der Waals surface area contributed by atoms with Gasteiger partial charge in [0.15, 0.2) is 0 Å². The van der Waals surface area contributed by atoms with Gasteiger partial charge in [0.05, 0.1) is 12.7 Å². The van der Waals surface area contributed by atoms with E-state index in [0.29, 0.717) is 12.8 Å². The fourth-order valence-electron chi connectivity index (χ4n) is 2.40. The van der Waals surface area contributed by atoms with Crippen LogP contribution in [-0.2, 0) is 14.3 Å². The second-order valence-corrected chi connectivity index (χ2v) is 6.38. The standard InChI is InChI=1S/C15H25NO5/c1-6-7-15(19)8-9-16(11(10-15)12(17)20-5)13(18)21-14(2,3)4/h6,11,19H,1,7-10H2,2-5H3. The number of carbonyl (C=O) groups excluding carboxylic acids is 2. The van der Waals surface area contributed by atoms with Crippen molar-refractivity contribution < 1.29 is 24.2 Å². The molecule has 2 unspecified atom stereocenters. The Bertz CT molecular complexity index is 415. The van der Waals surface area contributed by atoms with Gasteiger partial charge in [-0.2, -0.15) is 0 Å². The summed E-state index contributed by atoms with van der Waals surface area (Å²) in [5.41, 5.74) is -1.69. The Balaban J connectivity index is 2.91. The van der Waals surface area contributed by atoms with Crippen LogP contribution in [0.1, 0.15) is 40.0 Å². The number of hydrogen-bond donors (Lipinski definition) is 1. The molecular weight excluding hydrogens is 274 g/mol. The van der Waals surface area contributed by atoms with Crippen molar-refractivity contribution in [1.82, 2.24) is 4.90 Å². The third-order valence-corrected chi connectivity index (χ3v) is 3.39. The van der Waals surface area contributed by atoms with Gasteiger partial charge in [0, 0.05) is 13.0 Å². The largest absolute Gasteiger partial charge is 0.467 e. The number of methoxy groups -OCH3 is 1. The van der Waals surface area contributed by atoms with Gasteiger partial charge in [-0.1, -0.05) is 6.08 Å². The molecular formula is C15H25NO5. The molecule has 0 spiro atoms. The number of carbonyl (C=O) groups is 2. The predicted molar refractivity (Wildman–Crippen MR) is 77.7 cm³/mol. The second-order valence-electron chi connectivity index (χ2n) is 6.38. The van der Waals surface area contributed by atoms with Crippen LogP contribution in [0.25, 0.3) is 0 Å². The lowest BCUT2D eigenvalue weighted by atomic mass is 9.84. The topological polar surface area (TPSA) is 76.1 Å². The SMILES string of the molecule is C=CCC1(O)CCN(C(=O)OC(C)(C)C)C(C(=O)OC)C1.